The van der Waals surface area contributed by atoms with E-state index in [1.807, 2.05) is 67.6 Å². The van der Waals surface area contributed by atoms with Gasteiger partial charge in [0, 0.05) is 18.4 Å². The molecule has 1 aromatic heterocycles. The molecule has 3 rings (SSSR count). The summed E-state index contributed by atoms with van der Waals surface area (Å²) >= 11 is 0. The Morgan fingerprint density at radius 2 is 1.62 bits per heavy atom. The minimum Gasteiger partial charge on any atom is -0.507 e. The Labute approximate surface area is 141 Å². The first kappa shape index (κ1) is 16.1. The molecule has 0 aliphatic heterocycles. The van der Waals surface area contributed by atoms with Gasteiger partial charge in [0.1, 0.15) is 11.5 Å². The molecular weight excluding hydrogens is 300 g/mol. The lowest BCUT2D eigenvalue weighted by atomic mass is 9.89. The Kier molecular flexibility index (Phi) is 4.80. The second kappa shape index (κ2) is 7.18. The predicted molar refractivity (Wildman–Crippen MR) is 94.5 cm³/mol. The van der Waals surface area contributed by atoms with Gasteiger partial charge in [-0.25, -0.2) is 4.79 Å². The predicted octanol–water partition coefficient (Wildman–Crippen LogP) is 4.48. The fraction of sp³-hybridized carbons (Fsp3) is 0.190. The van der Waals surface area contributed by atoms with Gasteiger partial charge in [0.25, 0.3) is 0 Å². The van der Waals surface area contributed by atoms with Gasteiger partial charge in [-0.2, -0.15) is 0 Å². The van der Waals surface area contributed by atoms with Gasteiger partial charge < -0.3 is 9.52 Å². The van der Waals surface area contributed by atoms with Gasteiger partial charge in [0.2, 0.25) is 0 Å². The smallest absolute Gasteiger partial charge is 0.343 e. The molecule has 2 aromatic carbocycles. The third-order valence-corrected chi connectivity index (χ3v) is 4.20. The van der Waals surface area contributed by atoms with Crippen LogP contribution >= 0.6 is 0 Å². The second-order valence-corrected chi connectivity index (χ2v) is 5.83. The maximum atomic E-state index is 12.5. The molecule has 0 saturated carbocycles. The molecule has 3 aromatic rings. The molecule has 0 aliphatic rings. The summed E-state index contributed by atoms with van der Waals surface area (Å²) in [5, 5.41) is 10.5. The van der Waals surface area contributed by atoms with Crippen LogP contribution in [0.25, 0.3) is 0 Å². The third-order valence-electron chi connectivity index (χ3n) is 4.20. The van der Waals surface area contributed by atoms with Crippen LogP contribution in [0.15, 0.2) is 75.9 Å². The monoisotopic (exact) mass is 320 g/mol. The zero-order valence-corrected chi connectivity index (χ0v) is 13.6. The largest absolute Gasteiger partial charge is 0.507 e. The summed E-state index contributed by atoms with van der Waals surface area (Å²) in [4.78, 5) is 12.5. The van der Waals surface area contributed by atoms with E-state index in [0.29, 0.717) is 24.2 Å². The molecule has 0 fully saturated rings. The highest BCUT2D eigenvalue weighted by atomic mass is 16.4. The van der Waals surface area contributed by atoms with Crippen molar-refractivity contribution in [3.8, 4) is 5.75 Å². The fourth-order valence-electron chi connectivity index (χ4n) is 3.04. The molecule has 3 heteroatoms. The lowest BCUT2D eigenvalue weighted by Gasteiger charge is -2.16. The second-order valence-electron chi connectivity index (χ2n) is 5.83. The van der Waals surface area contributed by atoms with E-state index < -0.39 is 5.63 Å². The van der Waals surface area contributed by atoms with Crippen molar-refractivity contribution in [1.82, 2.24) is 0 Å². The Morgan fingerprint density at radius 1 is 1.00 bits per heavy atom. The SMILES string of the molecule is CCC(c1ccccc1)c1c(O)cc(Cc2ccccc2)oc1=O. The molecule has 0 amide bonds. The van der Waals surface area contributed by atoms with Gasteiger partial charge in [-0.05, 0) is 17.5 Å². The van der Waals surface area contributed by atoms with Crippen LogP contribution in [0, 0.1) is 0 Å². The number of hydrogen-bond donors (Lipinski definition) is 1. The lowest BCUT2D eigenvalue weighted by Crippen LogP contribution is -2.14. The minimum atomic E-state index is -0.461. The Hall–Kier alpha value is -2.81. The van der Waals surface area contributed by atoms with Crippen LogP contribution in [-0.2, 0) is 6.42 Å². The summed E-state index contributed by atoms with van der Waals surface area (Å²) < 4.78 is 5.48. The Balaban J connectivity index is 1.97. The Morgan fingerprint density at radius 3 is 2.21 bits per heavy atom. The molecule has 0 saturated heterocycles. The number of benzene rings is 2. The number of rotatable bonds is 5. The standard InChI is InChI=1S/C21H20O3/c1-2-18(16-11-7-4-8-12-16)20-19(22)14-17(24-21(20)23)13-15-9-5-3-6-10-15/h3-12,14,18,22H,2,13H2,1H3. The average Bonchev–Trinajstić information content (AvgIpc) is 2.60. The van der Waals surface area contributed by atoms with Crippen LogP contribution < -0.4 is 5.63 Å². The van der Waals surface area contributed by atoms with Crippen LogP contribution in [0.5, 0.6) is 5.75 Å². The lowest BCUT2D eigenvalue weighted by molar-refractivity contribution is 0.411. The Bertz CT molecular complexity index is 851. The molecule has 1 atom stereocenters. The average molecular weight is 320 g/mol. The van der Waals surface area contributed by atoms with E-state index in [4.69, 9.17) is 4.42 Å². The molecule has 0 spiro atoms. The molecule has 1 unspecified atom stereocenters. The zero-order valence-electron chi connectivity index (χ0n) is 13.6. The fourth-order valence-corrected chi connectivity index (χ4v) is 3.04. The highest BCUT2D eigenvalue weighted by Crippen LogP contribution is 2.32. The van der Waals surface area contributed by atoms with E-state index >= 15 is 0 Å². The zero-order chi connectivity index (χ0) is 16.9. The molecule has 0 aliphatic carbocycles. The van der Waals surface area contributed by atoms with Gasteiger partial charge in [-0.15, -0.1) is 0 Å². The van der Waals surface area contributed by atoms with E-state index in [1.165, 1.54) is 0 Å². The molecule has 3 nitrogen and oxygen atoms in total. The molecule has 1 N–H and O–H groups in total. The summed E-state index contributed by atoms with van der Waals surface area (Å²) in [5.74, 6) is 0.302. The van der Waals surface area contributed by atoms with Crippen LogP contribution in [0.4, 0.5) is 0 Å². The minimum absolute atomic E-state index is 0.00730. The molecule has 122 valence electrons. The van der Waals surface area contributed by atoms with Crippen molar-refractivity contribution in [1.29, 1.82) is 0 Å². The molecule has 0 radical (unpaired) electrons. The van der Waals surface area contributed by atoms with E-state index in [0.717, 1.165) is 11.1 Å². The topological polar surface area (TPSA) is 50.4 Å². The third kappa shape index (κ3) is 3.40. The van der Waals surface area contributed by atoms with E-state index in [2.05, 4.69) is 0 Å². The van der Waals surface area contributed by atoms with Crippen molar-refractivity contribution in [3.05, 3.63) is 99.6 Å². The molecule has 1 heterocycles. The number of hydrogen-bond acceptors (Lipinski definition) is 3. The molecule has 24 heavy (non-hydrogen) atoms. The summed E-state index contributed by atoms with van der Waals surface area (Å²) in [6, 6.07) is 21.0. The van der Waals surface area contributed by atoms with Crippen molar-refractivity contribution in [2.75, 3.05) is 0 Å². The number of aromatic hydroxyl groups is 1. The first-order valence-corrected chi connectivity index (χ1v) is 8.13. The first-order chi connectivity index (χ1) is 11.7. The van der Waals surface area contributed by atoms with Crippen molar-refractivity contribution in [3.63, 3.8) is 0 Å². The quantitative estimate of drug-likeness (QED) is 0.754. The van der Waals surface area contributed by atoms with Gasteiger partial charge in [-0.1, -0.05) is 67.6 Å². The van der Waals surface area contributed by atoms with Crippen molar-refractivity contribution in [2.24, 2.45) is 0 Å². The first-order valence-electron chi connectivity index (χ1n) is 8.13. The van der Waals surface area contributed by atoms with Crippen molar-refractivity contribution < 1.29 is 9.52 Å². The normalized spacial score (nSPS) is 12.0. The maximum Gasteiger partial charge on any atom is 0.343 e. The van der Waals surface area contributed by atoms with Crippen LogP contribution in [0.3, 0.4) is 0 Å². The van der Waals surface area contributed by atoms with E-state index in [9.17, 15) is 9.90 Å². The summed E-state index contributed by atoms with van der Waals surface area (Å²) in [5.41, 5.74) is 1.90. The molecule has 0 bridgehead atoms. The van der Waals surface area contributed by atoms with Crippen molar-refractivity contribution >= 4 is 0 Å². The van der Waals surface area contributed by atoms with E-state index in [1.54, 1.807) is 6.07 Å². The van der Waals surface area contributed by atoms with Gasteiger partial charge in [0.15, 0.2) is 0 Å². The highest BCUT2D eigenvalue weighted by Gasteiger charge is 2.21. The molecular formula is C21H20O3. The van der Waals surface area contributed by atoms with Gasteiger partial charge >= 0.3 is 5.63 Å². The van der Waals surface area contributed by atoms with Crippen LogP contribution in [0.1, 0.15) is 41.7 Å². The summed E-state index contributed by atoms with van der Waals surface area (Å²) in [6.45, 7) is 1.99. The van der Waals surface area contributed by atoms with Crippen LogP contribution in [0.2, 0.25) is 0 Å². The van der Waals surface area contributed by atoms with Gasteiger partial charge in [0.05, 0.1) is 5.56 Å². The highest BCUT2D eigenvalue weighted by molar-refractivity contribution is 5.40. The van der Waals surface area contributed by atoms with Crippen molar-refractivity contribution in [2.45, 2.75) is 25.7 Å². The van der Waals surface area contributed by atoms with Crippen LogP contribution in [-0.4, -0.2) is 5.11 Å². The van der Waals surface area contributed by atoms with Gasteiger partial charge in [-0.3, -0.25) is 0 Å². The maximum absolute atomic E-state index is 12.5. The van der Waals surface area contributed by atoms with E-state index in [-0.39, 0.29) is 11.7 Å². The summed E-state index contributed by atoms with van der Waals surface area (Å²) in [7, 11) is 0. The summed E-state index contributed by atoms with van der Waals surface area (Å²) in [6.07, 6.45) is 1.19.